The predicted molar refractivity (Wildman–Crippen MR) is 87.3 cm³/mol. The highest BCUT2D eigenvalue weighted by molar-refractivity contribution is 7.88. The van der Waals surface area contributed by atoms with Crippen molar-refractivity contribution in [3.8, 4) is 0 Å². The van der Waals surface area contributed by atoms with E-state index in [2.05, 4.69) is 15.0 Å². The van der Waals surface area contributed by atoms with Gasteiger partial charge in [0.15, 0.2) is 0 Å². The Morgan fingerprint density at radius 2 is 1.71 bits per heavy atom. The highest BCUT2D eigenvalue weighted by Crippen LogP contribution is 2.11. The molecule has 0 unspecified atom stereocenters. The van der Waals surface area contributed by atoms with Crippen LogP contribution in [0.15, 0.2) is 42.5 Å². The molecule has 24 heavy (non-hydrogen) atoms. The number of carbonyl (C=O) groups excluding carboxylic acids is 1. The number of benzene rings is 1. The average molecular weight is 349 g/mol. The summed E-state index contributed by atoms with van der Waals surface area (Å²) < 4.78 is 24.4. The summed E-state index contributed by atoms with van der Waals surface area (Å²) in [5.41, 5.74) is 0.970. The van der Waals surface area contributed by atoms with E-state index < -0.39 is 21.9 Å². The SMILES string of the molecule is CS(=O)(=O)NCc1ccc(NC(=O)c2cccc(C(=O)O)n2)cc1. The molecule has 2 rings (SSSR count). The minimum Gasteiger partial charge on any atom is -0.477 e. The fraction of sp³-hybridized carbons (Fsp3) is 0.133. The minimum absolute atomic E-state index is 0.0160. The Bertz CT molecular complexity index is 863. The molecule has 0 saturated carbocycles. The van der Waals surface area contributed by atoms with Crippen LogP contribution in [0.25, 0.3) is 0 Å². The Labute approximate surface area is 138 Å². The van der Waals surface area contributed by atoms with Crippen molar-refractivity contribution >= 4 is 27.6 Å². The zero-order valence-corrected chi connectivity index (χ0v) is 13.5. The second-order valence-electron chi connectivity index (χ2n) is 4.96. The summed E-state index contributed by atoms with van der Waals surface area (Å²) in [7, 11) is -3.27. The number of rotatable bonds is 6. The van der Waals surface area contributed by atoms with Gasteiger partial charge in [-0.05, 0) is 29.8 Å². The Hall–Kier alpha value is -2.78. The van der Waals surface area contributed by atoms with Crippen LogP contribution in [0.1, 0.15) is 26.5 Å². The van der Waals surface area contributed by atoms with E-state index in [0.29, 0.717) is 5.69 Å². The molecule has 3 N–H and O–H groups in total. The maximum atomic E-state index is 12.1. The van der Waals surface area contributed by atoms with Crippen LogP contribution in [-0.4, -0.2) is 36.6 Å². The van der Waals surface area contributed by atoms with Crippen molar-refractivity contribution in [3.05, 3.63) is 59.4 Å². The highest BCUT2D eigenvalue weighted by Gasteiger charge is 2.11. The third-order valence-corrected chi connectivity index (χ3v) is 3.62. The van der Waals surface area contributed by atoms with Gasteiger partial charge in [-0.25, -0.2) is 22.9 Å². The van der Waals surface area contributed by atoms with Crippen molar-refractivity contribution in [2.75, 3.05) is 11.6 Å². The van der Waals surface area contributed by atoms with Crippen LogP contribution in [0.4, 0.5) is 5.69 Å². The zero-order valence-electron chi connectivity index (χ0n) is 12.7. The Kier molecular flexibility index (Phi) is 5.27. The van der Waals surface area contributed by atoms with Crippen LogP contribution in [0.2, 0.25) is 0 Å². The van der Waals surface area contributed by atoms with Crippen molar-refractivity contribution in [2.45, 2.75) is 6.54 Å². The van der Waals surface area contributed by atoms with Gasteiger partial charge in [0.25, 0.3) is 5.91 Å². The van der Waals surface area contributed by atoms with Crippen molar-refractivity contribution in [3.63, 3.8) is 0 Å². The number of hydrogen-bond acceptors (Lipinski definition) is 5. The molecule has 126 valence electrons. The summed E-state index contributed by atoms with van der Waals surface area (Å²) in [6.07, 6.45) is 1.07. The van der Waals surface area contributed by atoms with E-state index in [9.17, 15) is 18.0 Å². The van der Waals surface area contributed by atoms with Crippen molar-refractivity contribution in [1.82, 2.24) is 9.71 Å². The van der Waals surface area contributed by atoms with Gasteiger partial charge in [-0.3, -0.25) is 4.79 Å². The predicted octanol–water partition coefficient (Wildman–Crippen LogP) is 1.08. The van der Waals surface area contributed by atoms with Gasteiger partial charge < -0.3 is 10.4 Å². The molecule has 1 aromatic heterocycles. The first kappa shape index (κ1) is 17.6. The van der Waals surface area contributed by atoms with E-state index in [1.807, 2.05) is 0 Å². The van der Waals surface area contributed by atoms with Gasteiger partial charge in [0.1, 0.15) is 11.4 Å². The monoisotopic (exact) mass is 349 g/mol. The van der Waals surface area contributed by atoms with E-state index in [4.69, 9.17) is 5.11 Å². The fourth-order valence-electron chi connectivity index (χ4n) is 1.80. The number of aromatic nitrogens is 1. The summed E-state index contributed by atoms with van der Waals surface area (Å²) in [4.78, 5) is 26.7. The third kappa shape index (κ3) is 5.14. The second kappa shape index (κ2) is 7.20. The maximum absolute atomic E-state index is 12.1. The smallest absolute Gasteiger partial charge is 0.354 e. The van der Waals surface area contributed by atoms with Gasteiger partial charge in [0.05, 0.1) is 6.26 Å². The maximum Gasteiger partial charge on any atom is 0.354 e. The van der Waals surface area contributed by atoms with Crippen LogP contribution in [-0.2, 0) is 16.6 Å². The lowest BCUT2D eigenvalue weighted by atomic mass is 10.2. The Balaban J connectivity index is 2.04. The molecular formula is C15H15N3O5S. The Morgan fingerprint density at radius 3 is 2.29 bits per heavy atom. The molecule has 0 fully saturated rings. The van der Waals surface area contributed by atoms with Gasteiger partial charge in [-0.2, -0.15) is 0 Å². The van der Waals surface area contributed by atoms with E-state index in [-0.39, 0.29) is 17.9 Å². The van der Waals surface area contributed by atoms with E-state index >= 15 is 0 Å². The number of carboxylic acids is 1. The van der Waals surface area contributed by atoms with E-state index in [1.165, 1.54) is 18.2 Å². The number of aromatic carboxylic acids is 1. The van der Waals surface area contributed by atoms with Crippen LogP contribution in [0.3, 0.4) is 0 Å². The lowest BCUT2D eigenvalue weighted by Gasteiger charge is -2.07. The molecule has 0 saturated heterocycles. The van der Waals surface area contributed by atoms with Gasteiger partial charge in [-0.15, -0.1) is 0 Å². The molecule has 0 bridgehead atoms. The van der Waals surface area contributed by atoms with E-state index in [1.54, 1.807) is 24.3 Å². The fourth-order valence-corrected chi connectivity index (χ4v) is 2.22. The molecule has 9 heteroatoms. The largest absolute Gasteiger partial charge is 0.477 e. The average Bonchev–Trinajstić information content (AvgIpc) is 2.53. The molecule has 0 aliphatic rings. The number of carbonyl (C=O) groups is 2. The zero-order chi connectivity index (χ0) is 17.7. The summed E-state index contributed by atoms with van der Waals surface area (Å²) in [5, 5.41) is 11.5. The number of amides is 1. The molecule has 1 amide bonds. The van der Waals surface area contributed by atoms with Crippen LogP contribution in [0.5, 0.6) is 0 Å². The number of carboxylic acid groups (broad SMARTS) is 1. The Morgan fingerprint density at radius 1 is 1.08 bits per heavy atom. The molecule has 1 heterocycles. The van der Waals surface area contributed by atoms with E-state index in [0.717, 1.165) is 11.8 Å². The molecule has 0 atom stereocenters. The molecule has 0 radical (unpaired) electrons. The number of nitrogens with one attached hydrogen (secondary N) is 2. The van der Waals surface area contributed by atoms with Crippen molar-refractivity contribution in [1.29, 1.82) is 0 Å². The topological polar surface area (TPSA) is 125 Å². The quantitative estimate of drug-likeness (QED) is 0.716. The number of nitrogens with zero attached hydrogens (tertiary/aromatic N) is 1. The number of anilines is 1. The lowest BCUT2D eigenvalue weighted by Crippen LogP contribution is -2.21. The van der Waals surface area contributed by atoms with Gasteiger partial charge >= 0.3 is 5.97 Å². The molecule has 2 aromatic rings. The normalized spacial score (nSPS) is 11.0. The number of sulfonamides is 1. The van der Waals surface area contributed by atoms with Crippen molar-refractivity contribution in [2.24, 2.45) is 0 Å². The number of pyridine rings is 1. The summed E-state index contributed by atoms with van der Waals surface area (Å²) in [6, 6.07) is 10.7. The second-order valence-corrected chi connectivity index (χ2v) is 6.79. The van der Waals surface area contributed by atoms with Gasteiger partial charge in [0.2, 0.25) is 10.0 Å². The van der Waals surface area contributed by atoms with Gasteiger partial charge in [0, 0.05) is 12.2 Å². The van der Waals surface area contributed by atoms with Gasteiger partial charge in [-0.1, -0.05) is 18.2 Å². The molecule has 1 aromatic carbocycles. The highest BCUT2D eigenvalue weighted by atomic mass is 32.2. The first-order valence-electron chi connectivity index (χ1n) is 6.80. The van der Waals surface area contributed by atoms with Crippen LogP contribution in [0, 0.1) is 0 Å². The molecule has 0 aliphatic carbocycles. The van der Waals surface area contributed by atoms with Crippen LogP contribution < -0.4 is 10.0 Å². The first-order valence-corrected chi connectivity index (χ1v) is 8.69. The number of hydrogen-bond donors (Lipinski definition) is 3. The first-order chi connectivity index (χ1) is 11.2. The third-order valence-electron chi connectivity index (χ3n) is 2.95. The molecule has 0 aliphatic heterocycles. The molecular weight excluding hydrogens is 334 g/mol. The molecule has 0 spiro atoms. The summed E-state index contributed by atoms with van der Waals surface area (Å²) in [5.74, 6) is -1.76. The summed E-state index contributed by atoms with van der Waals surface area (Å²) in [6.45, 7) is 0.148. The summed E-state index contributed by atoms with van der Waals surface area (Å²) >= 11 is 0. The molecule has 8 nitrogen and oxygen atoms in total. The van der Waals surface area contributed by atoms with Crippen LogP contribution >= 0.6 is 0 Å². The minimum atomic E-state index is -3.27. The van der Waals surface area contributed by atoms with Crippen molar-refractivity contribution < 1.29 is 23.1 Å². The lowest BCUT2D eigenvalue weighted by molar-refractivity contribution is 0.0690. The standard InChI is InChI=1S/C15H15N3O5S/c1-24(22,23)16-9-10-5-7-11(8-6-10)17-14(19)12-3-2-4-13(18-12)15(20)21/h2-8,16H,9H2,1H3,(H,17,19)(H,20,21).